The Hall–Kier alpha value is -2.17. The summed E-state index contributed by atoms with van der Waals surface area (Å²) in [7, 11) is 1.85. The van der Waals surface area contributed by atoms with E-state index >= 15 is 0 Å². The van der Waals surface area contributed by atoms with Crippen molar-refractivity contribution in [3.05, 3.63) is 48.1 Å². The van der Waals surface area contributed by atoms with Gasteiger partial charge in [-0.05, 0) is 17.4 Å². The van der Waals surface area contributed by atoms with E-state index < -0.39 is 5.41 Å². The Labute approximate surface area is 130 Å². The number of likely N-dealkylation sites (N-methyl/N-ethyl adjacent to an activating group) is 1. The number of hydrogen-bond donors (Lipinski definition) is 0. The zero-order valence-electron chi connectivity index (χ0n) is 13.2. The van der Waals surface area contributed by atoms with E-state index in [4.69, 9.17) is 4.52 Å². The van der Waals surface area contributed by atoms with Crippen molar-refractivity contribution in [2.24, 2.45) is 5.41 Å². The SMILES string of the molecule is CN(CCc1ncon1)C(=O)C1(c2ccccc2)CC1(C)C. The second-order valence-corrected chi connectivity index (χ2v) is 6.66. The van der Waals surface area contributed by atoms with Crippen LogP contribution in [0.2, 0.25) is 0 Å². The van der Waals surface area contributed by atoms with E-state index in [1.54, 1.807) is 4.90 Å². The standard InChI is InChI=1S/C17H21N3O2/c1-16(2)11-17(16,13-7-5-4-6-8-13)15(21)20(3)10-9-14-18-12-22-19-14/h4-8,12H,9-11H2,1-3H3. The second kappa shape index (κ2) is 5.23. The van der Waals surface area contributed by atoms with Crippen molar-refractivity contribution in [3.63, 3.8) is 0 Å². The van der Waals surface area contributed by atoms with Crippen molar-refractivity contribution in [2.75, 3.05) is 13.6 Å². The summed E-state index contributed by atoms with van der Waals surface area (Å²) in [5.41, 5.74) is 0.697. The van der Waals surface area contributed by atoms with Gasteiger partial charge >= 0.3 is 0 Å². The van der Waals surface area contributed by atoms with Crippen LogP contribution in [0, 0.1) is 5.41 Å². The summed E-state index contributed by atoms with van der Waals surface area (Å²) < 4.78 is 4.72. The van der Waals surface area contributed by atoms with Gasteiger partial charge < -0.3 is 9.42 Å². The van der Waals surface area contributed by atoms with Gasteiger partial charge in [-0.1, -0.05) is 49.3 Å². The molecule has 0 N–H and O–H groups in total. The summed E-state index contributed by atoms with van der Waals surface area (Å²) in [5.74, 6) is 0.802. The van der Waals surface area contributed by atoms with Crippen LogP contribution >= 0.6 is 0 Å². The highest BCUT2D eigenvalue weighted by Crippen LogP contribution is 2.65. The van der Waals surface area contributed by atoms with Crippen LogP contribution in [0.25, 0.3) is 0 Å². The molecule has 1 aromatic carbocycles. The molecule has 116 valence electrons. The maximum Gasteiger partial charge on any atom is 0.233 e. The monoisotopic (exact) mass is 299 g/mol. The van der Waals surface area contributed by atoms with Crippen molar-refractivity contribution in [2.45, 2.75) is 32.1 Å². The zero-order chi connectivity index (χ0) is 15.8. The molecule has 1 amide bonds. The molecule has 1 heterocycles. The summed E-state index contributed by atoms with van der Waals surface area (Å²) in [4.78, 5) is 18.9. The van der Waals surface area contributed by atoms with Crippen LogP contribution in [0.15, 0.2) is 41.2 Å². The molecule has 22 heavy (non-hydrogen) atoms. The molecule has 0 radical (unpaired) electrons. The van der Waals surface area contributed by atoms with Gasteiger partial charge in [0, 0.05) is 20.0 Å². The van der Waals surface area contributed by atoms with E-state index in [1.807, 2.05) is 25.2 Å². The zero-order valence-corrected chi connectivity index (χ0v) is 13.2. The predicted molar refractivity (Wildman–Crippen MR) is 82.2 cm³/mol. The number of carbonyl (C=O) groups is 1. The molecule has 0 spiro atoms. The lowest BCUT2D eigenvalue weighted by atomic mass is 9.86. The molecule has 1 aliphatic rings. The van der Waals surface area contributed by atoms with E-state index in [2.05, 4.69) is 36.1 Å². The minimum absolute atomic E-state index is 0.00810. The minimum atomic E-state index is -0.403. The van der Waals surface area contributed by atoms with Crippen LogP contribution in [-0.4, -0.2) is 34.5 Å². The van der Waals surface area contributed by atoms with Crippen molar-refractivity contribution >= 4 is 5.91 Å². The molecule has 2 aromatic rings. The first-order valence-electron chi connectivity index (χ1n) is 7.54. The van der Waals surface area contributed by atoms with Gasteiger partial charge in [0.05, 0.1) is 5.41 Å². The number of nitrogens with zero attached hydrogens (tertiary/aromatic N) is 3. The third-order valence-electron chi connectivity index (χ3n) is 4.79. The molecule has 0 saturated heterocycles. The number of aromatic nitrogens is 2. The van der Waals surface area contributed by atoms with E-state index in [1.165, 1.54) is 6.39 Å². The van der Waals surface area contributed by atoms with Gasteiger partial charge in [-0.2, -0.15) is 4.98 Å². The number of rotatable bonds is 5. The molecule has 1 saturated carbocycles. The Morgan fingerprint density at radius 2 is 2.00 bits per heavy atom. The fourth-order valence-electron chi connectivity index (χ4n) is 3.32. The van der Waals surface area contributed by atoms with Crippen molar-refractivity contribution in [3.8, 4) is 0 Å². The van der Waals surface area contributed by atoms with Crippen molar-refractivity contribution in [1.82, 2.24) is 15.0 Å². The maximum absolute atomic E-state index is 13.1. The summed E-state index contributed by atoms with van der Waals surface area (Å²) in [6, 6.07) is 10.1. The third kappa shape index (κ3) is 2.30. The van der Waals surface area contributed by atoms with E-state index in [-0.39, 0.29) is 11.3 Å². The van der Waals surface area contributed by atoms with Gasteiger partial charge in [-0.25, -0.2) is 0 Å². The highest BCUT2D eigenvalue weighted by molar-refractivity contribution is 5.93. The van der Waals surface area contributed by atoms with Gasteiger partial charge in [-0.3, -0.25) is 4.79 Å². The molecule has 1 fully saturated rings. The molecule has 0 aliphatic heterocycles. The Morgan fingerprint density at radius 1 is 1.32 bits per heavy atom. The third-order valence-corrected chi connectivity index (χ3v) is 4.79. The van der Waals surface area contributed by atoms with Gasteiger partial charge in [0.25, 0.3) is 0 Å². The van der Waals surface area contributed by atoms with E-state index in [0.29, 0.717) is 18.8 Å². The summed E-state index contributed by atoms with van der Waals surface area (Å²) in [6.45, 7) is 4.90. The number of carbonyl (C=O) groups excluding carboxylic acids is 1. The first kappa shape index (κ1) is 14.8. The van der Waals surface area contributed by atoms with Crippen LogP contribution in [0.5, 0.6) is 0 Å². The topological polar surface area (TPSA) is 59.2 Å². The molecule has 5 heteroatoms. The molecule has 1 aliphatic carbocycles. The van der Waals surface area contributed by atoms with E-state index in [9.17, 15) is 4.79 Å². The molecular weight excluding hydrogens is 278 g/mol. The lowest BCUT2D eigenvalue weighted by molar-refractivity contribution is -0.133. The smallest absolute Gasteiger partial charge is 0.233 e. The molecular formula is C17H21N3O2. The van der Waals surface area contributed by atoms with Gasteiger partial charge in [0.1, 0.15) is 0 Å². The van der Waals surface area contributed by atoms with Crippen LogP contribution in [0.4, 0.5) is 0 Å². The quantitative estimate of drug-likeness (QED) is 0.851. The first-order chi connectivity index (χ1) is 10.5. The minimum Gasteiger partial charge on any atom is -0.345 e. The van der Waals surface area contributed by atoms with Gasteiger partial charge in [0.2, 0.25) is 12.3 Å². The Morgan fingerprint density at radius 3 is 2.55 bits per heavy atom. The number of amides is 1. The summed E-state index contributed by atoms with van der Waals surface area (Å²) in [6.07, 6.45) is 2.80. The highest BCUT2D eigenvalue weighted by Gasteiger charge is 2.67. The van der Waals surface area contributed by atoms with Crippen molar-refractivity contribution in [1.29, 1.82) is 0 Å². The Kier molecular flexibility index (Phi) is 3.51. The average Bonchev–Trinajstić information content (AvgIpc) is 2.89. The lowest BCUT2D eigenvalue weighted by Crippen LogP contribution is -2.40. The largest absolute Gasteiger partial charge is 0.345 e. The fraction of sp³-hybridized carbons (Fsp3) is 0.471. The molecule has 1 atom stereocenters. The summed E-state index contributed by atoms with van der Waals surface area (Å²) in [5, 5.41) is 3.79. The van der Waals surface area contributed by atoms with Crippen LogP contribution in [-0.2, 0) is 16.6 Å². The average molecular weight is 299 g/mol. The molecule has 5 nitrogen and oxygen atoms in total. The Bertz CT molecular complexity index is 652. The van der Waals surface area contributed by atoms with Crippen LogP contribution in [0.1, 0.15) is 31.7 Å². The number of benzene rings is 1. The molecule has 3 rings (SSSR count). The van der Waals surface area contributed by atoms with Gasteiger partial charge in [-0.15, -0.1) is 0 Å². The second-order valence-electron chi connectivity index (χ2n) is 6.66. The number of hydrogen-bond acceptors (Lipinski definition) is 4. The first-order valence-corrected chi connectivity index (χ1v) is 7.54. The van der Waals surface area contributed by atoms with Crippen LogP contribution < -0.4 is 0 Å². The maximum atomic E-state index is 13.1. The van der Waals surface area contributed by atoms with Crippen LogP contribution in [0.3, 0.4) is 0 Å². The fourth-order valence-corrected chi connectivity index (χ4v) is 3.32. The molecule has 1 unspecified atom stereocenters. The van der Waals surface area contributed by atoms with E-state index in [0.717, 1.165) is 12.0 Å². The predicted octanol–water partition coefficient (Wildman–Crippen LogP) is 2.44. The summed E-state index contributed by atoms with van der Waals surface area (Å²) >= 11 is 0. The Balaban J connectivity index is 1.77. The highest BCUT2D eigenvalue weighted by atomic mass is 16.5. The van der Waals surface area contributed by atoms with Crippen molar-refractivity contribution < 1.29 is 9.32 Å². The normalized spacial score (nSPS) is 22.3. The molecule has 1 aromatic heterocycles. The van der Waals surface area contributed by atoms with Gasteiger partial charge in [0.15, 0.2) is 5.82 Å². The molecule has 0 bridgehead atoms. The lowest BCUT2D eigenvalue weighted by Gasteiger charge is -2.26.